The van der Waals surface area contributed by atoms with Crippen molar-refractivity contribution in [3.63, 3.8) is 0 Å². The van der Waals surface area contributed by atoms with Crippen molar-refractivity contribution >= 4 is 10.1 Å². The van der Waals surface area contributed by atoms with Crippen molar-refractivity contribution in [2.24, 2.45) is 5.73 Å². The lowest BCUT2D eigenvalue weighted by Gasteiger charge is -2.28. The number of nitrogens with two attached hydrogens (primary N) is 1. The quantitative estimate of drug-likeness (QED) is 0.203. The summed E-state index contributed by atoms with van der Waals surface area (Å²) in [7, 11) is -5.94. The maximum atomic E-state index is 10.9. The van der Waals surface area contributed by atoms with Gasteiger partial charge in [0.05, 0.1) is 0 Å². The second-order valence-corrected chi connectivity index (χ2v) is 3.98. The molecule has 0 aliphatic carbocycles. The number of nitrogens with zero attached hydrogens (tertiary/aromatic N) is 3. The number of hydrogen-bond donors (Lipinski definition) is 2. The third kappa shape index (κ3) is 4.01. The average Bonchev–Trinajstić information content (AvgIpc) is 2.11. The Morgan fingerprint density at radius 3 is 1.63 bits per heavy atom. The van der Waals surface area contributed by atoms with Crippen LogP contribution in [-0.4, -0.2) is 39.6 Å². The Morgan fingerprint density at radius 2 is 1.42 bits per heavy atom. The third-order valence-corrected chi connectivity index (χ3v) is 2.41. The van der Waals surface area contributed by atoms with Crippen molar-refractivity contribution in [3.05, 3.63) is 30.3 Å². The molecule has 0 aliphatic rings. The maximum absolute atomic E-state index is 10.9. The van der Waals surface area contributed by atoms with Crippen LogP contribution in [0.15, 0.2) is 0 Å². The van der Waals surface area contributed by atoms with E-state index >= 15 is 0 Å². The minimum atomic E-state index is -5.94. The van der Waals surface area contributed by atoms with E-state index in [9.17, 15) is 38.8 Å². The summed E-state index contributed by atoms with van der Waals surface area (Å²) in [5.41, 5.74) is 4.67. The Labute approximate surface area is 101 Å². The smallest absolute Gasteiger partial charge is 0.301 e. The van der Waals surface area contributed by atoms with E-state index in [-0.39, 0.29) is 0 Å². The summed E-state index contributed by atoms with van der Waals surface area (Å²) in [6.45, 7) is 0. The van der Waals surface area contributed by atoms with Gasteiger partial charge in [-0.3, -0.25) is 19.1 Å². The van der Waals surface area contributed by atoms with E-state index in [1.807, 2.05) is 0 Å². The zero-order valence-electron chi connectivity index (χ0n) is 8.34. The molecule has 1 unspecified atom stereocenters. The van der Waals surface area contributed by atoms with Crippen molar-refractivity contribution in [3.8, 4) is 0 Å². The second kappa shape index (κ2) is 5.41. The molecule has 0 radical (unpaired) electrons. The highest BCUT2D eigenvalue weighted by molar-refractivity contribution is 7.86. The van der Waals surface area contributed by atoms with Crippen LogP contribution in [0.3, 0.4) is 0 Å². The van der Waals surface area contributed by atoms with Gasteiger partial charge < -0.3 is 5.73 Å². The van der Waals surface area contributed by atoms with Gasteiger partial charge in [0.2, 0.25) is 6.23 Å². The molecular weight excluding hydrogens is 304 g/mol. The van der Waals surface area contributed by atoms with Gasteiger partial charge in [-0.1, -0.05) is 0 Å². The molecular formula is C2H4N4O12S. The van der Waals surface area contributed by atoms with Gasteiger partial charge in [-0.15, -0.1) is 30.3 Å². The van der Waals surface area contributed by atoms with E-state index in [0.29, 0.717) is 0 Å². The van der Waals surface area contributed by atoms with E-state index in [1.165, 1.54) is 0 Å². The summed E-state index contributed by atoms with van der Waals surface area (Å²) in [5, 5.41) is 20.1. The average molecular weight is 308 g/mol. The minimum Gasteiger partial charge on any atom is -0.301 e. The van der Waals surface area contributed by atoms with Crippen molar-refractivity contribution in [2.75, 3.05) is 0 Å². The fourth-order valence-electron chi connectivity index (χ4n) is 0.727. The Bertz CT molecular complexity index is 466. The lowest BCUT2D eigenvalue weighted by atomic mass is 10.6. The second-order valence-electron chi connectivity index (χ2n) is 2.46. The molecule has 0 heterocycles. The van der Waals surface area contributed by atoms with Gasteiger partial charge in [0, 0.05) is 0 Å². The van der Waals surface area contributed by atoms with Gasteiger partial charge in [0.15, 0.2) is 0 Å². The predicted molar refractivity (Wildman–Crippen MR) is 46.5 cm³/mol. The molecule has 3 N–H and O–H groups in total. The first-order chi connectivity index (χ1) is 8.42. The fraction of sp³-hybridized carbons (Fsp3) is 1.00. The van der Waals surface area contributed by atoms with Crippen LogP contribution >= 0.6 is 0 Å². The SMILES string of the molecule is NC(O[N+](=O)[O-])C(O[N+](=O)[O-])(O[N+](=O)[O-])S(=O)(=O)O. The molecule has 1 atom stereocenters. The van der Waals surface area contributed by atoms with E-state index in [0.717, 1.165) is 0 Å². The molecule has 0 aromatic heterocycles. The molecule has 0 saturated carbocycles. The van der Waals surface area contributed by atoms with Gasteiger partial charge in [-0.05, 0) is 0 Å². The Balaban J connectivity index is 5.81. The van der Waals surface area contributed by atoms with Crippen molar-refractivity contribution in [2.45, 2.75) is 11.3 Å². The van der Waals surface area contributed by atoms with Crippen LogP contribution in [0.2, 0.25) is 0 Å². The molecule has 0 aromatic carbocycles. The van der Waals surface area contributed by atoms with E-state index in [2.05, 4.69) is 20.2 Å². The maximum Gasteiger partial charge on any atom is 0.424 e. The highest BCUT2D eigenvalue weighted by atomic mass is 32.2. The van der Waals surface area contributed by atoms with E-state index in [1.54, 1.807) is 0 Å². The van der Waals surface area contributed by atoms with Crippen LogP contribution in [0, 0.1) is 30.3 Å². The minimum absolute atomic E-state index is 1.75. The molecule has 0 saturated heterocycles. The lowest BCUT2D eigenvalue weighted by molar-refractivity contribution is -0.876. The first-order valence-electron chi connectivity index (χ1n) is 3.63. The zero-order chi connectivity index (χ0) is 15.4. The van der Waals surface area contributed by atoms with Gasteiger partial charge in [0.1, 0.15) is 0 Å². The van der Waals surface area contributed by atoms with Crippen LogP contribution in [0.1, 0.15) is 0 Å². The predicted octanol–water partition coefficient (Wildman–Crippen LogP) is -2.56. The molecule has 19 heavy (non-hydrogen) atoms. The largest absolute Gasteiger partial charge is 0.424 e. The molecule has 110 valence electrons. The summed E-state index contributed by atoms with van der Waals surface area (Å²) >= 11 is 0. The normalized spacial score (nSPS) is 13.2. The molecule has 16 nitrogen and oxygen atoms in total. The molecule has 0 rings (SSSR count). The zero-order valence-corrected chi connectivity index (χ0v) is 9.16. The fourth-order valence-corrected chi connectivity index (χ4v) is 1.37. The van der Waals surface area contributed by atoms with Crippen LogP contribution in [-0.2, 0) is 24.6 Å². The summed E-state index contributed by atoms with van der Waals surface area (Å²) in [5.74, 6) is 0. The summed E-state index contributed by atoms with van der Waals surface area (Å²) in [6.07, 6.45) is -3.06. The lowest BCUT2D eigenvalue weighted by Crippen LogP contribution is -2.60. The molecule has 0 aliphatic heterocycles. The Kier molecular flexibility index (Phi) is 4.69. The highest BCUT2D eigenvalue weighted by Gasteiger charge is 2.59. The van der Waals surface area contributed by atoms with Gasteiger partial charge >= 0.3 is 15.2 Å². The first kappa shape index (κ1) is 16.5. The first-order valence-corrected chi connectivity index (χ1v) is 5.07. The van der Waals surface area contributed by atoms with Crippen molar-refractivity contribution in [1.82, 2.24) is 0 Å². The molecule has 0 aromatic rings. The molecule has 17 heteroatoms. The topological polar surface area (TPSA) is 237 Å². The van der Waals surface area contributed by atoms with Crippen LogP contribution in [0.25, 0.3) is 0 Å². The summed E-state index contributed by atoms with van der Waals surface area (Å²) in [4.78, 5) is 39.9. The highest BCUT2D eigenvalue weighted by Crippen LogP contribution is 2.25. The summed E-state index contributed by atoms with van der Waals surface area (Å²) < 4.78 is 30.4. The van der Waals surface area contributed by atoms with Gasteiger partial charge in [-0.25, -0.2) is 0 Å². The van der Waals surface area contributed by atoms with E-state index in [4.69, 9.17) is 4.55 Å². The monoisotopic (exact) mass is 308 g/mol. The number of hydrogen-bond acceptors (Lipinski definition) is 12. The van der Waals surface area contributed by atoms with E-state index < -0.39 is 36.7 Å². The van der Waals surface area contributed by atoms with Gasteiger partial charge in [0.25, 0.3) is 15.3 Å². The van der Waals surface area contributed by atoms with Crippen LogP contribution in [0.4, 0.5) is 0 Å². The standard InChI is InChI=1S/C2H4N4O12S/c3-1(16-4(7)8)2(17-5(9)10,18-6(11)12)19(13,14)15/h1H,3H2,(H,13,14,15). The van der Waals surface area contributed by atoms with Crippen LogP contribution in [0.5, 0.6) is 0 Å². The Morgan fingerprint density at radius 1 is 1.05 bits per heavy atom. The van der Waals surface area contributed by atoms with Crippen LogP contribution < -0.4 is 5.73 Å². The number of rotatable bonds is 8. The third-order valence-electron chi connectivity index (χ3n) is 1.31. The Hall–Kier alpha value is -2.53. The molecule has 0 fully saturated rings. The molecule has 0 bridgehead atoms. The molecule has 0 spiro atoms. The van der Waals surface area contributed by atoms with Crippen molar-refractivity contribution in [1.29, 1.82) is 0 Å². The molecule has 0 amide bonds. The summed E-state index contributed by atoms with van der Waals surface area (Å²) in [6, 6.07) is 0. The van der Waals surface area contributed by atoms with Gasteiger partial charge in [-0.2, -0.15) is 8.42 Å². The van der Waals surface area contributed by atoms with Crippen molar-refractivity contribution < 1.29 is 42.7 Å².